The highest BCUT2D eigenvalue weighted by Gasteiger charge is 2.23. The van der Waals surface area contributed by atoms with Crippen molar-refractivity contribution in [2.45, 2.75) is 46.3 Å². The van der Waals surface area contributed by atoms with E-state index in [9.17, 15) is 4.79 Å². The fourth-order valence-corrected chi connectivity index (χ4v) is 2.71. The number of amides is 1. The van der Waals surface area contributed by atoms with Crippen LogP contribution in [0.2, 0.25) is 0 Å². The fraction of sp³-hybridized carbons (Fsp3) is 0.684. The number of pyridine rings is 1. The number of ether oxygens (including phenoxy) is 2. The van der Waals surface area contributed by atoms with Gasteiger partial charge in [0.15, 0.2) is 0 Å². The molecule has 1 aliphatic heterocycles. The van der Waals surface area contributed by atoms with Crippen molar-refractivity contribution in [2.24, 2.45) is 0 Å². The normalized spacial score (nSPS) is 16.3. The Labute approximate surface area is 151 Å². The first-order valence-electron chi connectivity index (χ1n) is 9.02. The summed E-state index contributed by atoms with van der Waals surface area (Å²) in [5.41, 5.74) is 0.434. The van der Waals surface area contributed by atoms with Gasteiger partial charge in [0, 0.05) is 44.5 Å². The predicted molar refractivity (Wildman–Crippen MR) is 98.0 cm³/mol. The van der Waals surface area contributed by atoms with Gasteiger partial charge in [-0.2, -0.15) is 0 Å². The van der Waals surface area contributed by atoms with Crippen LogP contribution >= 0.6 is 0 Å². The first-order valence-corrected chi connectivity index (χ1v) is 9.02. The van der Waals surface area contributed by atoms with E-state index < -0.39 is 0 Å². The van der Waals surface area contributed by atoms with Gasteiger partial charge in [-0.3, -0.25) is 9.69 Å². The molecule has 1 saturated heterocycles. The van der Waals surface area contributed by atoms with E-state index in [4.69, 9.17) is 9.47 Å². The molecule has 1 amide bonds. The van der Waals surface area contributed by atoms with Crippen LogP contribution in [0.25, 0.3) is 0 Å². The summed E-state index contributed by atoms with van der Waals surface area (Å²) in [5, 5.41) is 0. The van der Waals surface area contributed by atoms with Crippen LogP contribution in [0.3, 0.4) is 0 Å². The molecule has 1 aromatic rings. The molecule has 140 valence electrons. The standard InChI is InChI=1S/C19H31N3O3/c1-15(2)21-8-10-22(11-9-21)18(23)16-6-7-17(20-14-16)24-12-13-25-19(3,4)5/h6-7,14-15H,8-13H2,1-5H3. The van der Waals surface area contributed by atoms with E-state index in [-0.39, 0.29) is 11.5 Å². The van der Waals surface area contributed by atoms with Crippen LogP contribution in [0, 0.1) is 0 Å². The summed E-state index contributed by atoms with van der Waals surface area (Å²) in [5.74, 6) is 0.553. The summed E-state index contributed by atoms with van der Waals surface area (Å²) in [7, 11) is 0. The first-order chi connectivity index (χ1) is 11.8. The van der Waals surface area contributed by atoms with Crippen LogP contribution in [0.1, 0.15) is 45.0 Å². The van der Waals surface area contributed by atoms with Crippen LogP contribution < -0.4 is 4.74 Å². The Bertz CT molecular complexity index is 544. The van der Waals surface area contributed by atoms with E-state index in [2.05, 4.69) is 23.7 Å². The molecule has 2 rings (SSSR count). The number of carbonyl (C=O) groups is 1. The Morgan fingerprint density at radius 2 is 1.84 bits per heavy atom. The van der Waals surface area contributed by atoms with Gasteiger partial charge in [0.2, 0.25) is 5.88 Å². The topological polar surface area (TPSA) is 54.9 Å². The lowest BCUT2D eigenvalue weighted by molar-refractivity contribution is -0.0168. The van der Waals surface area contributed by atoms with Gasteiger partial charge in [0.25, 0.3) is 5.91 Å². The van der Waals surface area contributed by atoms with E-state index in [1.807, 2.05) is 25.7 Å². The van der Waals surface area contributed by atoms with Gasteiger partial charge < -0.3 is 14.4 Å². The summed E-state index contributed by atoms with van der Waals surface area (Å²) in [6.45, 7) is 14.7. The molecule has 25 heavy (non-hydrogen) atoms. The minimum atomic E-state index is -0.174. The smallest absolute Gasteiger partial charge is 0.255 e. The van der Waals surface area contributed by atoms with Crippen molar-refractivity contribution in [1.29, 1.82) is 0 Å². The second kappa shape index (κ2) is 8.63. The summed E-state index contributed by atoms with van der Waals surface area (Å²) in [6, 6.07) is 4.05. The molecule has 0 N–H and O–H groups in total. The highest BCUT2D eigenvalue weighted by atomic mass is 16.5. The summed E-state index contributed by atoms with van der Waals surface area (Å²) in [6.07, 6.45) is 1.59. The SMILES string of the molecule is CC(C)N1CCN(C(=O)c2ccc(OCCOC(C)(C)C)nc2)CC1. The lowest BCUT2D eigenvalue weighted by atomic mass is 10.2. The number of rotatable bonds is 6. The number of piperazine rings is 1. The molecule has 1 aliphatic rings. The molecule has 0 radical (unpaired) electrons. The molecule has 0 aromatic carbocycles. The van der Waals surface area contributed by atoms with Gasteiger partial charge in [-0.25, -0.2) is 4.98 Å². The molecule has 0 atom stereocenters. The third-order valence-corrected chi connectivity index (χ3v) is 4.18. The maximum atomic E-state index is 12.6. The van der Waals surface area contributed by atoms with E-state index >= 15 is 0 Å². The van der Waals surface area contributed by atoms with E-state index in [1.54, 1.807) is 18.3 Å². The average molecular weight is 349 g/mol. The third-order valence-electron chi connectivity index (χ3n) is 4.18. The van der Waals surface area contributed by atoms with Gasteiger partial charge in [0.1, 0.15) is 6.61 Å². The van der Waals surface area contributed by atoms with Crippen molar-refractivity contribution in [3.63, 3.8) is 0 Å². The van der Waals surface area contributed by atoms with Crippen LogP contribution in [-0.4, -0.2) is 71.7 Å². The molecule has 6 heteroatoms. The fourth-order valence-electron chi connectivity index (χ4n) is 2.71. The van der Waals surface area contributed by atoms with Crippen LogP contribution in [0.5, 0.6) is 5.88 Å². The van der Waals surface area contributed by atoms with Crippen molar-refractivity contribution in [3.05, 3.63) is 23.9 Å². The van der Waals surface area contributed by atoms with Gasteiger partial charge in [0.05, 0.1) is 17.8 Å². The molecular weight excluding hydrogens is 318 g/mol. The van der Waals surface area contributed by atoms with Crippen molar-refractivity contribution in [3.8, 4) is 5.88 Å². The molecule has 0 saturated carbocycles. The molecule has 2 heterocycles. The summed E-state index contributed by atoms with van der Waals surface area (Å²) < 4.78 is 11.2. The lowest BCUT2D eigenvalue weighted by Crippen LogP contribution is -2.50. The Hall–Kier alpha value is -1.66. The van der Waals surface area contributed by atoms with Gasteiger partial charge >= 0.3 is 0 Å². The van der Waals surface area contributed by atoms with Crippen LogP contribution in [0.4, 0.5) is 0 Å². The zero-order chi connectivity index (χ0) is 18.4. The number of hydrogen-bond donors (Lipinski definition) is 0. The van der Waals surface area contributed by atoms with Crippen molar-refractivity contribution in [2.75, 3.05) is 39.4 Å². The number of aromatic nitrogens is 1. The Kier molecular flexibility index (Phi) is 6.79. The minimum Gasteiger partial charge on any atom is -0.475 e. The van der Waals surface area contributed by atoms with Crippen molar-refractivity contribution < 1.29 is 14.3 Å². The monoisotopic (exact) mass is 349 g/mol. The molecular formula is C19H31N3O3. The first kappa shape index (κ1) is 19.7. The second-order valence-electron chi connectivity index (χ2n) is 7.62. The van der Waals surface area contributed by atoms with Crippen LogP contribution in [0.15, 0.2) is 18.3 Å². The lowest BCUT2D eigenvalue weighted by Gasteiger charge is -2.36. The van der Waals surface area contributed by atoms with Gasteiger partial charge in [-0.1, -0.05) is 0 Å². The van der Waals surface area contributed by atoms with Gasteiger partial charge in [-0.15, -0.1) is 0 Å². The van der Waals surface area contributed by atoms with E-state index in [0.29, 0.717) is 30.7 Å². The maximum absolute atomic E-state index is 12.6. The van der Waals surface area contributed by atoms with E-state index in [1.165, 1.54) is 0 Å². The highest BCUT2D eigenvalue weighted by Crippen LogP contribution is 2.13. The zero-order valence-electron chi connectivity index (χ0n) is 16.1. The molecule has 0 unspecified atom stereocenters. The summed E-state index contributed by atoms with van der Waals surface area (Å²) >= 11 is 0. The van der Waals surface area contributed by atoms with Crippen molar-refractivity contribution >= 4 is 5.91 Å². The Balaban J connectivity index is 1.80. The van der Waals surface area contributed by atoms with Crippen LogP contribution in [-0.2, 0) is 4.74 Å². The Morgan fingerprint density at radius 1 is 1.16 bits per heavy atom. The number of hydrogen-bond acceptors (Lipinski definition) is 5. The summed E-state index contributed by atoms with van der Waals surface area (Å²) in [4.78, 5) is 21.1. The maximum Gasteiger partial charge on any atom is 0.255 e. The molecule has 0 aliphatic carbocycles. The zero-order valence-corrected chi connectivity index (χ0v) is 16.1. The van der Waals surface area contributed by atoms with E-state index in [0.717, 1.165) is 26.2 Å². The predicted octanol–water partition coefficient (Wildman–Crippen LogP) is 2.44. The minimum absolute atomic E-state index is 0.0403. The quantitative estimate of drug-likeness (QED) is 0.739. The van der Waals surface area contributed by atoms with Gasteiger partial charge in [-0.05, 0) is 40.7 Å². The largest absolute Gasteiger partial charge is 0.475 e. The Morgan fingerprint density at radius 3 is 2.36 bits per heavy atom. The molecule has 6 nitrogen and oxygen atoms in total. The van der Waals surface area contributed by atoms with Crippen molar-refractivity contribution in [1.82, 2.24) is 14.8 Å². The molecule has 1 fully saturated rings. The number of nitrogens with zero attached hydrogens (tertiary/aromatic N) is 3. The molecule has 1 aromatic heterocycles. The second-order valence-corrected chi connectivity index (χ2v) is 7.62. The molecule has 0 bridgehead atoms. The highest BCUT2D eigenvalue weighted by molar-refractivity contribution is 5.94. The number of carbonyl (C=O) groups excluding carboxylic acids is 1. The molecule has 0 spiro atoms. The third kappa shape index (κ3) is 6.29. The average Bonchev–Trinajstić information content (AvgIpc) is 2.58.